The van der Waals surface area contributed by atoms with Gasteiger partial charge in [-0.15, -0.1) is 0 Å². The Balaban J connectivity index is 1.69. The van der Waals surface area contributed by atoms with Crippen LogP contribution in [0.15, 0.2) is 70.7 Å². The van der Waals surface area contributed by atoms with Crippen molar-refractivity contribution < 1.29 is 23.8 Å². The highest BCUT2D eigenvalue weighted by Crippen LogP contribution is 2.43. The lowest BCUT2D eigenvalue weighted by atomic mass is 9.85. The maximum atomic E-state index is 14.4. The largest absolute Gasteiger partial charge is 0.497 e. The van der Waals surface area contributed by atoms with Crippen molar-refractivity contribution in [3.05, 3.63) is 76.9 Å². The van der Waals surface area contributed by atoms with Crippen molar-refractivity contribution in [2.24, 2.45) is 10.9 Å². The predicted molar refractivity (Wildman–Crippen MR) is 158 cm³/mol. The summed E-state index contributed by atoms with van der Waals surface area (Å²) < 4.78 is 17.2. The molecule has 1 fully saturated rings. The van der Waals surface area contributed by atoms with Crippen LogP contribution in [0.2, 0.25) is 0 Å². The first-order valence-electron chi connectivity index (χ1n) is 13.7. The predicted octanol–water partition coefficient (Wildman–Crippen LogP) is 4.91. The lowest BCUT2D eigenvalue weighted by molar-refractivity contribution is -0.123. The van der Waals surface area contributed by atoms with Crippen LogP contribution in [0.4, 0.5) is 4.79 Å². The summed E-state index contributed by atoms with van der Waals surface area (Å²) in [4.78, 5) is 35.4. The van der Waals surface area contributed by atoms with E-state index in [0.29, 0.717) is 53.2 Å². The van der Waals surface area contributed by atoms with E-state index in [0.717, 1.165) is 5.56 Å². The number of nitrogens with one attached hydrogen (secondary N) is 1. The zero-order valence-electron chi connectivity index (χ0n) is 23.7. The van der Waals surface area contributed by atoms with Crippen molar-refractivity contribution in [2.75, 3.05) is 33.9 Å². The Morgan fingerprint density at radius 1 is 1.12 bits per heavy atom. The minimum absolute atomic E-state index is 0.0244. The summed E-state index contributed by atoms with van der Waals surface area (Å²) in [7, 11) is 3.22. The van der Waals surface area contributed by atoms with Crippen LogP contribution < -0.4 is 19.5 Å². The molecule has 0 spiro atoms. The quantitative estimate of drug-likeness (QED) is 0.504. The van der Waals surface area contributed by atoms with Crippen LogP contribution in [0.25, 0.3) is 0 Å². The number of allylic oxidation sites excluding steroid dienone is 3. The highest BCUT2D eigenvalue weighted by Gasteiger charge is 2.47. The molecule has 0 saturated carbocycles. The van der Waals surface area contributed by atoms with Gasteiger partial charge in [-0.2, -0.15) is 0 Å². The molecule has 2 aromatic rings. The van der Waals surface area contributed by atoms with E-state index in [1.54, 1.807) is 24.0 Å². The first-order chi connectivity index (χ1) is 19.8. The molecular weight excluding hydrogens is 544 g/mol. The van der Waals surface area contributed by atoms with Crippen molar-refractivity contribution >= 4 is 29.4 Å². The number of amidine groups is 1. The summed E-state index contributed by atoms with van der Waals surface area (Å²) in [6.07, 6.45) is 6.38. The van der Waals surface area contributed by atoms with Crippen molar-refractivity contribution in [3.63, 3.8) is 0 Å². The number of benzene rings is 2. The van der Waals surface area contributed by atoms with E-state index >= 15 is 0 Å². The van der Waals surface area contributed by atoms with Gasteiger partial charge < -0.3 is 24.4 Å². The van der Waals surface area contributed by atoms with Crippen molar-refractivity contribution in [1.29, 1.82) is 0 Å². The normalized spacial score (nSPS) is 22.3. The fourth-order valence-electron chi connectivity index (χ4n) is 5.48. The van der Waals surface area contributed by atoms with Gasteiger partial charge in [-0.3, -0.25) is 14.7 Å². The summed E-state index contributed by atoms with van der Waals surface area (Å²) >= 11 is 6.31. The van der Waals surface area contributed by atoms with E-state index in [4.69, 9.17) is 30.8 Å². The van der Waals surface area contributed by atoms with Crippen LogP contribution in [0.5, 0.6) is 17.2 Å². The molecular formula is C31H35ClN4O5. The van der Waals surface area contributed by atoms with E-state index in [-0.39, 0.29) is 30.5 Å². The number of ether oxygens (including phenoxy) is 3. The number of halogens is 1. The number of hydrogen-bond acceptors (Lipinski definition) is 6. The topological polar surface area (TPSA) is 92.7 Å². The van der Waals surface area contributed by atoms with Crippen molar-refractivity contribution in [1.82, 2.24) is 15.1 Å². The van der Waals surface area contributed by atoms with Crippen LogP contribution in [0.3, 0.4) is 0 Å². The molecule has 10 heteroatoms. The smallest absolute Gasteiger partial charge is 0.326 e. The van der Waals surface area contributed by atoms with Gasteiger partial charge in [0.2, 0.25) is 5.91 Å². The van der Waals surface area contributed by atoms with Crippen LogP contribution in [-0.2, 0) is 4.79 Å². The Morgan fingerprint density at radius 2 is 1.90 bits per heavy atom. The standard InChI is InChI=1S/C31H35ClN4O5/c1-19(2)41-26-17-24(40-4)12-13-25(26)30-34-28(21-6-5-7-23(16-21)39-3)29(20-8-10-22(32)11-9-20)36(30)31(38)35-15-14-33-27(37)18-35/h5-8,10-13,16-17,19-20,28-29H,9,14-15,18H2,1-4H3,(H,33,37). The molecule has 2 heterocycles. The molecule has 2 aliphatic heterocycles. The zero-order valence-corrected chi connectivity index (χ0v) is 24.4. The minimum Gasteiger partial charge on any atom is -0.497 e. The lowest BCUT2D eigenvalue weighted by Gasteiger charge is -2.38. The average molecular weight is 579 g/mol. The molecule has 3 aliphatic rings. The molecule has 3 unspecified atom stereocenters. The second-order valence-corrected chi connectivity index (χ2v) is 10.9. The van der Waals surface area contributed by atoms with E-state index in [2.05, 4.69) is 5.32 Å². The molecule has 0 aromatic heterocycles. The van der Waals surface area contributed by atoms with E-state index in [9.17, 15) is 9.59 Å². The van der Waals surface area contributed by atoms with Crippen LogP contribution in [-0.4, -0.2) is 73.6 Å². The second-order valence-electron chi connectivity index (χ2n) is 10.5. The first-order valence-corrected chi connectivity index (χ1v) is 14.1. The van der Waals surface area contributed by atoms with Gasteiger partial charge in [0.25, 0.3) is 0 Å². The van der Waals surface area contributed by atoms with Gasteiger partial charge in [0, 0.05) is 30.1 Å². The number of rotatable bonds is 7. The fraction of sp³-hybridized carbons (Fsp3) is 0.387. The number of carbonyl (C=O) groups excluding carboxylic acids is 2. The van der Waals surface area contributed by atoms with Gasteiger partial charge in [-0.25, -0.2) is 4.79 Å². The Labute approximate surface area is 245 Å². The number of aliphatic imine (C=N–C) groups is 1. The Bertz CT molecular complexity index is 1400. The molecule has 0 radical (unpaired) electrons. The number of nitrogens with zero attached hydrogens (tertiary/aromatic N) is 3. The number of urea groups is 1. The van der Waals surface area contributed by atoms with Crippen LogP contribution >= 0.6 is 11.6 Å². The second kappa shape index (κ2) is 12.3. The number of methoxy groups -OCH3 is 2. The summed E-state index contributed by atoms with van der Waals surface area (Å²) in [6, 6.07) is 12.2. The van der Waals surface area contributed by atoms with Crippen molar-refractivity contribution in [3.8, 4) is 17.2 Å². The SMILES string of the molecule is COc1cccc(C2N=C(c3ccc(OC)cc3OC(C)C)N(C(=O)N3CCNC(=O)C3)C2C2C=CC(Cl)=CC2)c1. The van der Waals surface area contributed by atoms with Gasteiger partial charge >= 0.3 is 6.03 Å². The Morgan fingerprint density at radius 3 is 2.59 bits per heavy atom. The summed E-state index contributed by atoms with van der Waals surface area (Å²) in [5.74, 6) is 2.08. The lowest BCUT2D eigenvalue weighted by Crippen LogP contribution is -2.57. The average Bonchev–Trinajstić information content (AvgIpc) is 3.37. The summed E-state index contributed by atoms with van der Waals surface area (Å²) in [5, 5.41) is 3.47. The molecule has 1 N–H and O–H groups in total. The highest BCUT2D eigenvalue weighted by molar-refractivity contribution is 6.31. The van der Waals surface area contributed by atoms with Crippen molar-refractivity contribution in [2.45, 2.75) is 38.5 Å². The summed E-state index contributed by atoms with van der Waals surface area (Å²) in [6.45, 7) is 4.65. The van der Waals surface area contributed by atoms with Gasteiger partial charge in [0.05, 0.1) is 38.0 Å². The molecule has 1 aliphatic carbocycles. The molecule has 216 valence electrons. The maximum absolute atomic E-state index is 14.4. The molecule has 41 heavy (non-hydrogen) atoms. The molecule has 5 rings (SSSR count). The molecule has 2 aromatic carbocycles. The van der Waals surface area contributed by atoms with Crippen LogP contribution in [0, 0.1) is 5.92 Å². The molecule has 9 nitrogen and oxygen atoms in total. The summed E-state index contributed by atoms with van der Waals surface area (Å²) in [5.41, 5.74) is 1.57. The van der Waals surface area contributed by atoms with Gasteiger partial charge in [0.1, 0.15) is 29.6 Å². The third kappa shape index (κ3) is 6.05. The molecule has 3 atom stereocenters. The molecule has 0 bridgehead atoms. The monoisotopic (exact) mass is 578 g/mol. The zero-order chi connectivity index (χ0) is 29.1. The number of piperazine rings is 1. The van der Waals surface area contributed by atoms with Gasteiger partial charge in [-0.1, -0.05) is 35.9 Å². The van der Waals surface area contributed by atoms with Gasteiger partial charge in [-0.05, 0) is 56.2 Å². The van der Waals surface area contributed by atoms with E-state index in [1.807, 2.05) is 74.5 Å². The Kier molecular flexibility index (Phi) is 8.54. The minimum atomic E-state index is -0.420. The Hall–Kier alpha value is -3.98. The van der Waals surface area contributed by atoms with Gasteiger partial charge in [0.15, 0.2) is 0 Å². The van der Waals surface area contributed by atoms with Crippen LogP contribution in [0.1, 0.15) is 37.4 Å². The number of amides is 3. The number of carbonyl (C=O) groups is 2. The maximum Gasteiger partial charge on any atom is 0.326 e. The van der Waals surface area contributed by atoms with E-state index < -0.39 is 12.1 Å². The third-order valence-corrected chi connectivity index (χ3v) is 7.66. The number of hydrogen-bond donors (Lipinski definition) is 1. The highest BCUT2D eigenvalue weighted by atomic mass is 35.5. The fourth-order valence-corrected chi connectivity index (χ4v) is 5.64. The van der Waals surface area contributed by atoms with E-state index in [1.165, 1.54) is 0 Å². The molecule has 1 saturated heterocycles. The molecule has 3 amide bonds. The first kappa shape index (κ1) is 28.5. The third-order valence-electron chi connectivity index (χ3n) is 7.38.